The van der Waals surface area contributed by atoms with Crippen molar-refractivity contribution in [2.45, 2.75) is 40.0 Å². The second-order valence-electron chi connectivity index (χ2n) is 6.75. The van der Waals surface area contributed by atoms with Gasteiger partial charge in [-0.1, -0.05) is 25.1 Å². The Morgan fingerprint density at radius 2 is 1.69 bits per heavy atom. The molecule has 0 saturated heterocycles. The van der Waals surface area contributed by atoms with E-state index in [1.54, 1.807) is 24.3 Å². The van der Waals surface area contributed by atoms with Crippen LogP contribution in [0.3, 0.4) is 0 Å². The van der Waals surface area contributed by atoms with E-state index in [1.807, 2.05) is 39.0 Å². The molecular weight excluding hydrogens is 370 g/mol. The van der Waals surface area contributed by atoms with E-state index >= 15 is 0 Å². The van der Waals surface area contributed by atoms with E-state index in [0.29, 0.717) is 17.9 Å². The number of nitrogens with one attached hydrogen (secondary N) is 3. The number of hydrogen-bond donors (Lipinski definition) is 3. The maximum atomic E-state index is 12.2. The van der Waals surface area contributed by atoms with Gasteiger partial charge in [0.1, 0.15) is 5.75 Å². The Labute approximate surface area is 170 Å². The molecule has 2 aromatic rings. The van der Waals surface area contributed by atoms with E-state index in [2.05, 4.69) is 16.2 Å². The summed E-state index contributed by atoms with van der Waals surface area (Å²) in [4.78, 5) is 36.2. The van der Waals surface area contributed by atoms with Gasteiger partial charge in [0.25, 0.3) is 5.91 Å². The molecule has 2 rings (SSSR count). The van der Waals surface area contributed by atoms with Crippen LogP contribution in [-0.4, -0.2) is 24.3 Å². The molecule has 0 heterocycles. The third-order valence-electron chi connectivity index (χ3n) is 4.13. The lowest BCUT2D eigenvalue weighted by Gasteiger charge is -2.10. The highest BCUT2D eigenvalue weighted by molar-refractivity contribution is 5.97. The van der Waals surface area contributed by atoms with Gasteiger partial charge in [0.2, 0.25) is 11.8 Å². The van der Waals surface area contributed by atoms with Gasteiger partial charge in [0.15, 0.2) is 0 Å². The van der Waals surface area contributed by atoms with E-state index in [1.165, 1.54) is 0 Å². The lowest BCUT2D eigenvalue weighted by Crippen LogP contribution is -2.41. The molecule has 0 fully saturated rings. The maximum Gasteiger partial charge on any atom is 0.269 e. The standard InChI is InChI=1S/C22H27N3O4/c1-4-12-29-18-7-5-6-17(14-18)22(28)25-24-21(27)11-10-20(26)23-19-13-15(2)8-9-16(19)3/h5-9,13-14H,4,10-12H2,1-3H3,(H,23,26)(H,24,27)(H,25,28). The number of benzene rings is 2. The number of hydrazine groups is 1. The molecule has 0 bridgehead atoms. The van der Waals surface area contributed by atoms with Gasteiger partial charge in [-0.3, -0.25) is 25.2 Å². The van der Waals surface area contributed by atoms with Crippen molar-refractivity contribution in [3.8, 4) is 5.75 Å². The van der Waals surface area contributed by atoms with Gasteiger partial charge < -0.3 is 10.1 Å². The van der Waals surface area contributed by atoms with Crippen LogP contribution in [-0.2, 0) is 9.59 Å². The normalized spacial score (nSPS) is 10.2. The van der Waals surface area contributed by atoms with Gasteiger partial charge in [-0.15, -0.1) is 0 Å². The largest absolute Gasteiger partial charge is 0.494 e. The highest BCUT2D eigenvalue weighted by Gasteiger charge is 2.11. The summed E-state index contributed by atoms with van der Waals surface area (Å²) in [5.74, 6) is -0.581. The number of rotatable bonds is 8. The molecular formula is C22H27N3O4. The number of hydrogen-bond acceptors (Lipinski definition) is 4. The Morgan fingerprint density at radius 3 is 2.45 bits per heavy atom. The van der Waals surface area contributed by atoms with Crippen molar-refractivity contribution in [1.29, 1.82) is 0 Å². The molecule has 0 aliphatic carbocycles. The topological polar surface area (TPSA) is 96.5 Å². The predicted octanol–water partition coefficient (Wildman–Crippen LogP) is 3.27. The average molecular weight is 397 g/mol. The third-order valence-corrected chi connectivity index (χ3v) is 4.13. The summed E-state index contributed by atoms with van der Waals surface area (Å²) in [7, 11) is 0. The molecule has 2 aromatic carbocycles. The zero-order chi connectivity index (χ0) is 21.2. The van der Waals surface area contributed by atoms with Crippen LogP contribution in [0, 0.1) is 13.8 Å². The van der Waals surface area contributed by atoms with Crippen molar-refractivity contribution in [1.82, 2.24) is 10.9 Å². The highest BCUT2D eigenvalue weighted by Crippen LogP contribution is 2.16. The van der Waals surface area contributed by atoms with E-state index in [4.69, 9.17) is 4.74 Å². The number of anilines is 1. The Bertz CT molecular complexity index is 880. The first-order chi connectivity index (χ1) is 13.9. The Hall–Kier alpha value is -3.35. The van der Waals surface area contributed by atoms with Crippen molar-refractivity contribution in [3.05, 3.63) is 59.2 Å². The van der Waals surface area contributed by atoms with Crippen molar-refractivity contribution < 1.29 is 19.1 Å². The van der Waals surface area contributed by atoms with Gasteiger partial charge in [0.05, 0.1) is 6.61 Å². The van der Waals surface area contributed by atoms with Crippen LogP contribution in [0.4, 0.5) is 5.69 Å². The zero-order valence-electron chi connectivity index (χ0n) is 17.0. The molecule has 0 saturated carbocycles. The molecule has 3 amide bonds. The lowest BCUT2D eigenvalue weighted by molar-refractivity contribution is -0.124. The maximum absolute atomic E-state index is 12.2. The summed E-state index contributed by atoms with van der Waals surface area (Å²) in [6.45, 7) is 6.40. The minimum Gasteiger partial charge on any atom is -0.494 e. The second-order valence-corrected chi connectivity index (χ2v) is 6.75. The number of ether oxygens (including phenoxy) is 1. The zero-order valence-corrected chi connectivity index (χ0v) is 17.0. The number of carbonyl (C=O) groups excluding carboxylic acids is 3. The van der Waals surface area contributed by atoms with Crippen molar-refractivity contribution in [2.24, 2.45) is 0 Å². The molecule has 0 atom stereocenters. The first-order valence-corrected chi connectivity index (χ1v) is 9.58. The van der Waals surface area contributed by atoms with Crippen LogP contribution in [0.15, 0.2) is 42.5 Å². The van der Waals surface area contributed by atoms with Gasteiger partial charge in [0, 0.05) is 24.1 Å². The summed E-state index contributed by atoms with van der Waals surface area (Å²) >= 11 is 0. The van der Waals surface area contributed by atoms with Gasteiger partial charge in [-0.05, 0) is 55.7 Å². The monoisotopic (exact) mass is 397 g/mol. The fourth-order valence-corrected chi connectivity index (χ4v) is 2.52. The van der Waals surface area contributed by atoms with Crippen LogP contribution in [0.5, 0.6) is 5.75 Å². The Balaban J connectivity index is 1.77. The van der Waals surface area contributed by atoms with Crippen LogP contribution in [0.2, 0.25) is 0 Å². The molecule has 3 N–H and O–H groups in total. The number of aryl methyl sites for hydroxylation is 2. The molecule has 29 heavy (non-hydrogen) atoms. The molecule has 0 radical (unpaired) electrons. The molecule has 0 aromatic heterocycles. The summed E-state index contributed by atoms with van der Waals surface area (Å²) in [6, 6.07) is 12.5. The van der Waals surface area contributed by atoms with Crippen LogP contribution >= 0.6 is 0 Å². The third kappa shape index (κ3) is 7.29. The van der Waals surface area contributed by atoms with Crippen LogP contribution in [0.25, 0.3) is 0 Å². The minimum absolute atomic E-state index is 0.00935. The quantitative estimate of drug-likeness (QED) is 0.596. The van der Waals surface area contributed by atoms with E-state index in [-0.39, 0.29) is 18.7 Å². The summed E-state index contributed by atoms with van der Waals surface area (Å²) in [6.07, 6.45) is 0.829. The molecule has 0 unspecified atom stereocenters. The number of amides is 3. The van der Waals surface area contributed by atoms with E-state index in [0.717, 1.165) is 23.2 Å². The molecule has 0 aliphatic heterocycles. The molecule has 7 heteroatoms. The predicted molar refractivity (Wildman–Crippen MR) is 112 cm³/mol. The first kappa shape index (κ1) is 21.9. The Kier molecular flexibility index (Phi) is 8.21. The highest BCUT2D eigenvalue weighted by atomic mass is 16.5. The molecule has 0 aliphatic rings. The van der Waals surface area contributed by atoms with Crippen LogP contribution < -0.4 is 20.9 Å². The van der Waals surface area contributed by atoms with Crippen LogP contribution in [0.1, 0.15) is 47.7 Å². The van der Waals surface area contributed by atoms with Gasteiger partial charge in [-0.2, -0.15) is 0 Å². The lowest BCUT2D eigenvalue weighted by atomic mass is 10.1. The molecule has 154 valence electrons. The summed E-state index contributed by atoms with van der Waals surface area (Å²) in [5, 5.41) is 2.80. The second kappa shape index (κ2) is 10.8. The fraction of sp³-hybridized carbons (Fsp3) is 0.318. The SMILES string of the molecule is CCCOc1cccc(C(=O)NNC(=O)CCC(=O)Nc2cc(C)ccc2C)c1. The van der Waals surface area contributed by atoms with Crippen molar-refractivity contribution in [3.63, 3.8) is 0 Å². The average Bonchev–Trinajstić information content (AvgIpc) is 2.71. The van der Waals surface area contributed by atoms with E-state index in [9.17, 15) is 14.4 Å². The van der Waals surface area contributed by atoms with Crippen molar-refractivity contribution in [2.75, 3.05) is 11.9 Å². The van der Waals surface area contributed by atoms with Gasteiger partial charge in [-0.25, -0.2) is 0 Å². The first-order valence-electron chi connectivity index (χ1n) is 9.58. The Morgan fingerprint density at radius 1 is 0.931 bits per heavy atom. The summed E-state index contributed by atoms with van der Waals surface area (Å²) < 4.78 is 5.49. The number of carbonyl (C=O) groups is 3. The minimum atomic E-state index is -0.458. The van der Waals surface area contributed by atoms with Gasteiger partial charge >= 0.3 is 0 Å². The smallest absolute Gasteiger partial charge is 0.269 e. The molecule has 7 nitrogen and oxygen atoms in total. The fourth-order valence-electron chi connectivity index (χ4n) is 2.52. The van der Waals surface area contributed by atoms with Crippen molar-refractivity contribution >= 4 is 23.4 Å². The van der Waals surface area contributed by atoms with E-state index < -0.39 is 11.8 Å². The summed E-state index contributed by atoms with van der Waals surface area (Å²) in [5.41, 5.74) is 7.76. The molecule has 0 spiro atoms.